The average molecular weight is 280 g/mol. The topological polar surface area (TPSA) is 28.4 Å². The van der Waals surface area contributed by atoms with Crippen LogP contribution < -0.4 is 5.32 Å². The number of unbranched alkanes of at least 4 members (excludes halogenated alkanes) is 1. The Balaban J connectivity index is 2.67. The zero-order valence-electron chi connectivity index (χ0n) is 14.0. The van der Waals surface area contributed by atoms with Gasteiger partial charge in [0.15, 0.2) is 0 Å². The Labute approximate surface area is 124 Å². The predicted molar refractivity (Wildman–Crippen MR) is 85.9 cm³/mol. The molecule has 0 aromatic carbocycles. The lowest BCUT2D eigenvalue weighted by atomic mass is 10.2. The van der Waals surface area contributed by atoms with Gasteiger partial charge in [0.05, 0.1) is 6.54 Å². The maximum absolute atomic E-state index is 5.94. The van der Waals surface area contributed by atoms with Gasteiger partial charge in [0.2, 0.25) is 0 Å². The fraction of sp³-hybridized carbons (Fsp3) is 0.765. The first-order chi connectivity index (χ1) is 9.62. The second-order valence-corrected chi connectivity index (χ2v) is 5.66. The van der Waals surface area contributed by atoms with Crippen molar-refractivity contribution in [3.05, 3.63) is 23.2 Å². The first kappa shape index (κ1) is 17.3. The highest BCUT2D eigenvalue weighted by molar-refractivity contribution is 5.20. The third-order valence-corrected chi connectivity index (χ3v) is 4.01. The molecule has 0 radical (unpaired) electrons. The van der Waals surface area contributed by atoms with Crippen LogP contribution in [0.2, 0.25) is 0 Å². The summed E-state index contributed by atoms with van der Waals surface area (Å²) in [6.07, 6.45) is 3.69. The van der Waals surface area contributed by atoms with E-state index in [-0.39, 0.29) is 0 Å². The van der Waals surface area contributed by atoms with Crippen molar-refractivity contribution in [2.75, 3.05) is 13.1 Å². The van der Waals surface area contributed by atoms with Gasteiger partial charge in [-0.05, 0) is 45.8 Å². The van der Waals surface area contributed by atoms with Crippen LogP contribution in [0.4, 0.5) is 0 Å². The highest BCUT2D eigenvalue weighted by Crippen LogP contribution is 2.18. The Morgan fingerprint density at radius 3 is 2.65 bits per heavy atom. The van der Waals surface area contributed by atoms with E-state index in [1.165, 1.54) is 24.8 Å². The summed E-state index contributed by atoms with van der Waals surface area (Å²) in [5, 5.41) is 3.37. The summed E-state index contributed by atoms with van der Waals surface area (Å²) in [5.74, 6) is 2.16. The van der Waals surface area contributed by atoms with Crippen LogP contribution in [-0.4, -0.2) is 24.0 Å². The summed E-state index contributed by atoms with van der Waals surface area (Å²) in [6, 6.07) is 2.84. The van der Waals surface area contributed by atoms with Crippen LogP contribution in [0.1, 0.15) is 64.0 Å². The molecule has 0 aliphatic rings. The minimum atomic E-state index is 0.615. The Morgan fingerprint density at radius 1 is 1.30 bits per heavy atom. The molecule has 20 heavy (non-hydrogen) atoms. The molecule has 1 N–H and O–H groups in total. The van der Waals surface area contributed by atoms with Crippen molar-refractivity contribution < 1.29 is 4.42 Å². The van der Waals surface area contributed by atoms with Gasteiger partial charge in [-0.3, -0.25) is 4.90 Å². The molecule has 0 aliphatic carbocycles. The fourth-order valence-electron chi connectivity index (χ4n) is 2.38. The van der Waals surface area contributed by atoms with Crippen molar-refractivity contribution in [1.29, 1.82) is 0 Å². The van der Waals surface area contributed by atoms with E-state index in [9.17, 15) is 0 Å². The summed E-state index contributed by atoms with van der Waals surface area (Å²) in [6.45, 7) is 15.0. The van der Waals surface area contributed by atoms with Crippen molar-refractivity contribution in [3.8, 4) is 0 Å². The van der Waals surface area contributed by atoms with Crippen LogP contribution in [0.25, 0.3) is 0 Å². The highest BCUT2D eigenvalue weighted by Gasteiger charge is 2.15. The number of hydrogen-bond donors (Lipinski definition) is 1. The average Bonchev–Trinajstić information content (AvgIpc) is 2.80. The molecule has 0 saturated carbocycles. The van der Waals surface area contributed by atoms with E-state index in [0.717, 1.165) is 37.7 Å². The zero-order chi connectivity index (χ0) is 15.0. The van der Waals surface area contributed by atoms with E-state index in [4.69, 9.17) is 4.42 Å². The van der Waals surface area contributed by atoms with E-state index >= 15 is 0 Å². The lowest BCUT2D eigenvalue weighted by Gasteiger charge is -2.27. The van der Waals surface area contributed by atoms with E-state index in [2.05, 4.69) is 50.9 Å². The maximum Gasteiger partial charge on any atom is 0.118 e. The Bertz CT molecular complexity index is 373. The van der Waals surface area contributed by atoms with Crippen LogP contribution in [0.15, 0.2) is 10.5 Å². The van der Waals surface area contributed by atoms with Crippen molar-refractivity contribution in [2.24, 2.45) is 0 Å². The SMILES string of the molecule is CCCCN(Cc1cc(CNCC)c(C)o1)C(C)CC. The minimum Gasteiger partial charge on any atom is -0.465 e. The normalized spacial score (nSPS) is 13.1. The van der Waals surface area contributed by atoms with Crippen molar-refractivity contribution >= 4 is 0 Å². The molecule has 0 amide bonds. The molecule has 1 unspecified atom stereocenters. The van der Waals surface area contributed by atoms with Gasteiger partial charge in [-0.2, -0.15) is 0 Å². The number of furan rings is 1. The maximum atomic E-state index is 5.94. The van der Waals surface area contributed by atoms with E-state index in [1.54, 1.807) is 0 Å². The lowest BCUT2D eigenvalue weighted by Crippen LogP contribution is -2.32. The predicted octanol–water partition coefficient (Wildman–Crippen LogP) is 4.10. The van der Waals surface area contributed by atoms with E-state index < -0.39 is 0 Å². The molecule has 0 fully saturated rings. The zero-order valence-corrected chi connectivity index (χ0v) is 14.0. The van der Waals surface area contributed by atoms with Crippen LogP contribution in [0.5, 0.6) is 0 Å². The highest BCUT2D eigenvalue weighted by atomic mass is 16.3. The third kappa shape index (κ3) is 5.29. The second kappa shape index (κ2) is 9.19. The first-order valence-electron chi connectivity index (χ1n) is 8.15. The summed E-state index contributed by atoms with van der Waals surface area (Å²) in [7, 11) is 0. The molecule has 3 nitrogen and oxygen atoms in total. The number of nitrogens with one attached hydrogen (secondary N) is 1. The minimum absolute atomic E-state index is 0.615. The standard InChI is InChI=1S/C17H32N2O/c1-6-9-10-19(14(4)7-2)13-17-11-16(12-18-8-3)15(5)20-17/h11,14,18H,6-10,12-13H2,1-5H3. The van der Waals surface area contributed by atoms with E-state index in [0.29, 0.717) is 6.04 Å². The number of aryl methyl sites for hydroxylation is 1. The quantitative estimate of drug-likeness (QED) is 0.699. The van der Waals surface area contributed by atoms with Gasteiger partial charge >= 0.3 is 0 Å². The van der Waals surface area contributed by atoms with Crippen LogP contribution >= 0.6 is 0 Å². The molecule has 1 aromatic rings. The second-order valence-electron chi connectivity index (χ2n) is 5.66. The van der Waals surface area contributed by atoms with Crippen LogP contribution in [0.3, 0.4) is 0 Å². The smallest absolute Gasteiger partial charge is 0.118 e. The van der Waals surface area contributed by atoms with Gasteiger partial charge in [-0.15, -0.1) is 0 Å². The van der Waals surface area contributed by atoms with Crippen molar-refractivity contribution in [2.45, 2.75) is 73.0 Å². The molecular formula is C17H32N2O. The molecule has 0 saturated heterocycles. The summed E-state index contributed by atoms with van der Waals surface area (Å²) in [5.41, 5.74) is 1.29. The van der Waals surface area contributed by atoms with Gasteiger partial charge < -0.3 is 9.73 Å². The molecule has 0 aliphatic heterocycles. The Morgan fingerprint density at radius 2 is 2.05 bits per heavy atom. The van der Waals surface area contributed by atoms with Gasteiger partial charge in [-0.1, -0.05) is 27.2 Å². The van der Waals surface area contributed by atoms with Gasteiger partial charge in [0.1, 0.15) is 11.5 Å². The number of rotatable bonds is 10. The van der Waals surface area contributed by atoms with Crippen molar-refractivity contribution in [1.82, 2.24) is 10.2 Å². The van der Waals surface area contributed by atoms with Gasteiger partial charge in [-0.25, -0.2) is 0 Å². The molecule has 1 heterocycles. The summed E-state index contributed by atoms with van der Waals surface area (Å²) >= 11 is 0. The number of hydrogen-bond acceptors (Lipinski definition) is 3. The molecule has 116 valence electrons. The summed E-state index contributed by atoms with van der Waals surface area (Å²) in [4.78, 5) is 2.54. The third-order valence-electron chi connectivity index (χ3n) is 4.01. The first-order valence-corrected chi connectivity index (χ1v) is 8.15. The Hall–Kier alpha value is -0.800. The lowest BCUT2D eigenvalue weighted by molar-refractivity contribution is 0.177. The number of nitrogens with zero attached hydrogens (tertiary/aromatic N) is 1. The molecule has 1 aromatic heterocycles. The van der Waals surface area contributed by atoms with Crippen LogP contribution in [-0.2, 0) is 13.1 Å². The largest absolute Gasteiger partial charge is 0.465 e. The van der Waals surface area contributed by atoms with Gasteiger partial charge in [0, 0.05) is 18.2 Å². The molecule has 3 heteroatoms. The molecule has 0 bridgehead atoms. The van der Waals surface area contributed by atoms with Gasteiger partial charge in [0.25, 0.3) is 0 Å². The van der Waals surface area contributed by atoms with Crippen LogP contribution in [0, 0.1) is 6.92 Å². The fourth-order valence-corrected chi connectivity index (χ4v) is 2.38. The molecular weight excluding hydrogens is 248 g/mol. The summed E-state index contributed by atoms with van der Waals surface area (Å²) < 4.78 is 5.94. The van der Waals surface area contributed by atoms with Crippen molar-refractivity contribution in [3.63, 3.8) is 0 Å². The molecule has 1 rings (SSSR count). The monoisotopic (exact) mass is 280 g/mol. The molecule has 1 atom stereocenters. The Kier molecular flexibility index (Phi) is 7.93. The van der Waals surface area contributed by atoms with E-state index in [1.807, 2.05) is 0 Å². The molecule has 0 spiro atoms.